The molecule has 0 spiro atoms. The second kappa shape index (κ2) is 12.2. The number of anilines is 1. The van der Waals surface area contributed by atoms with Gasteiger partial charge in [0.2, 0.25) is 10.0 Å². The molecule has 0 saturated heterocycles. The standard InChI is InChI=1S/C31H34FN3O4S/c1-31(2,3)35-40(38,39)29-14-8-11-24-25(29)12-7-13-26(24)33-20-28(36)27(19-21-9-5-4-6-10-21)34-30(37)22-15-17-23(32)18-16-22/h4-18,27-28,33,35-36H,19-20H2,1-3H3,(H,34,37)/t27-,28-/m0/s1. The summed E-state index contributed by atoms with van der Waals surface area (Å²) in [7, 11) is -3.78. The Balaban J connectivity index is 1.56. The average molecular weight is 564 g/mol. The van der Waals surface area contributed by atoms with Crippen LogP contribution in [0, 0.1) is 5.82 Å². The molecule has 0 heterocycles. The second-order valence-corrected chi connectivity index (χ2v) is 12.4. The van der Waals surface area contributed by atoms with Gasteiger partial charge in [-0.1, -0.05) is 54.6 Å². The second-order valence-electron chi connectivity index (χ2n) is 10.7. The first kappa shape index (κ1) is 29.2. The fourth-order valence-corrected chi connectivity index (χ4v) is 6.13. The molecular formula is C31H34FN3O4S. The third kappa shape index (κ3) is 7.44. The number of aliphatic hydroxyl groups is 1. The van der Waals surface area contributed by atoms with Gasteiger partial charge in [0.25, 0.3) is 5.91 Å². The van der Waals surface area contributed by atoms with Crippen LogP contribution < -0.4 is 15.4 Å². The highest BCUT2D eigenvalue weighted by Gasteiger charge is 2.25. The predicted octanol–water partition coefficient (Wildman–Crippen LogP) is 4.87. The van der Waals surface area contributed by atoms with Crippen LogP contribution >= 0.6 is 0 Å². The molecule has 1 amide bonds. The summed E-state index contributed by atoms with van der Waals surface area (Å²) in [6, 6.07) is 24.4. The van der Waals surface area contributed by atoms with Gasteiger partial charge < -0.3 is 15.7 Å². The summed E-state index contributed by atoms with van der Waals surface area (Å²) in [5.41, 5.74) is 1.21. The van der Waals surface area contributed by atoms with E-state index in [2.05, 4.69) is 15.4 Å². The van der Waals surface area contributed by atoms with Gasteiger partial charge in [0.1, 0.15) is 5.82 Å². The van der Waals surface area contributed by atoms with Crippen LogP contribution in [0.25, 0.3) is 10.8 Å². The quantitative estimate of drug-likeness (QED) is 0.220. The predicted molar refractivity (Wildman–Crippen MR) is 156 cm³/mol. The van der Waals surface area contributed by atoms with Crippen molar-refractivity contribution in [2.45, 2.75) is 49.8 Å². The van der Waals surface area contributed by atoms with E-state index in [4.69, 9.17) is 0 Å². The summed E-state index contributed by atoms with van der Waals surface area (Å²) in [4.78, 5) is 13.1. The minimum Gasteiger partial charge on any atom is -0.389 e. The Morgan fingerprint density at radius 1 is 0.875 bits per heavy atom. The van der Waals surface area contributed by atoms with Crippen molar-refractivity contribution in [3.05, 3.63) is 108 Å². The molecule has 4 aromatic carbocycles. The van der Waals surface area contributed by atoms with Gasteiger partial charge in [-0.15, -0.1) is 0 Å². The van der Waals surface area contributed by atoms with Crippen LogP contribution in [0.2, 0.25) is 0 Å². The van der Waals surface area contributed by atoms with E-state index < -0.39 is 39.4 Å². The summed E-state index contributed by atoms with van der Waals surface area (Å²) in [5.74, 6) is -0.867. The van der Waals surface area contributed by atoms with E-state index in [-0.39, 0.29) is 17.0 Å². The van der Waals surface area contributed by atoms with Crippen molar-refractivity contribution in [2.24, 2.45) is 0 Å². The van der Waals surface area contributed by atoms with Crippen LogP contribution in [0.4, 0.5) is 10.1 Å². The van der Waals surface area contributed by atoms with Gasteiger partial charge in [-0.2, -0.15) is 0 Å². The average Bonchev–Trinajstić information content (AvgIpc) is 2.90. The van der Waals surface area contributed by atoms with E-state index in [1.54, 1.807) is 45.0 Å². The minimum absolute atomic E-state index is 0.0809. The van der Waals surface area contributed by atoms with Crippen LogP contribution in [0.1, 0.15) is 36.7 Å². The summed E-state index contributed by atoms with van der Waals surface area (Å²) in [6.07, 6.45) is -0.637. The molecule has 0 saturated carbocycles. The van der Waals surface area contributed by atoms with Gasteiger partial charge in [-0.05, 0) is 69.2 Å². The largest absolute Gasteiger partial charge is 0.389 e. The SMILES string of the molecule is CC(C)(C)NS(=O)(=O)c1cccc2c(NC[C@H](O)[C@H](Cc3ccccc3)NC(=O)c3ccc(F)cc3)cccc12. The number of hydrogen-bond donors (Lipinski definition) is 4. The van der Waals surface area contributed by atoms with Crippen LogP contribution in [0.5, 0.6) is 0 Å². The molecule has 7 nitrogen and oxygen atoms in total. The lowest BCUT2D eigenvalue weighted by Crippen LogP contribution is -2.47. The molecule has 4 N–H and O–H groups in total. The van der Waals surface area contributed by atoms with Gasteiger partial charge in [0, 0.05) is 34.1 Å². The number of carbonyl (C=O) groups excluding carboxylic acids is 1. The number of benzene rings is 4. The Labute approximate surface area is 234 Å². The van der Waals surface area contributed by atoms with Crippen molar-refractivity contribution in [3.63, 3.8) is 0 Å². The Hall–Kier alpha value is -3.79. The third-order valence-electron chi connectivity index (χ3n) is 6.30. The molecule has 40 heavy (non-hydrogen) atoms. The zero-order valence-electron chi connectivity index (χ0n) is 22.7. The highest BCUT2D eigenvalue weighted by atomic mass is 32.2. The Morgan fingerprint density at radius 3 is 2.20 bits per heavy atom. The number of nitrogens with one attached hydrogen (secondary N) is 3. The summed E-state index contributed by atoms with van der Waals surface area (Å²) in [5, 5.41) is 18.6. The molecule has 4 rings (SSSR count). The Kier molecular flexibility index (Phi) is 8.88. The normalized spacial score (nSPS) is 13.5. The van der Waals surface area contributed by atoms with Crippen LogP contribution in [0.15, 0.2) is 95.9 Å². The number of rotatable bonds is 10. The maximum atomic E-state index is 13.3. The fourth-order valence-electron chi connectivity index (χ4n) is 4.49. The van der Waals surface area contributed by atoms with E-state index in [9.17, 15) is 22.7 Å². The molecule has 0 aromatic heterocycles. The lowest BCUT2D eigenvalue weighted by Gasteiger charge is -2.25. The first-order valence-electron chi connectivity index (χ1n) is 13.0. The maximum Gasteiger partial charge on any atom is 0.251 e. The smallest absolute Gasteiger partial charge is 0.251 e. The van der Waals surface area contributed by atoms with Crippen molar-refractivity contribution >= 4 is 32.4 Å². The molecular weight excluding hydrogens is 529 g/mol. The van der Waals surface area contributed by atoms with E-state index in [1.165, 1.54) is 24.3 Å². The first-order chi connectivity index (χ1) is 18.9. The molecule has 0 aliphatic carbocycles. The van der Waals surface area contributed by atoms with Gasteiger partial charge in [-0.3, -0.25) is 4.79 Å². The lowest BCUT2D eigenvalue weighted by atomic mass is 10.00. The zero-order valence-corrected chi connectivity index (χ0v) is 23.5. The number of amides is 1. The van der Waals surface area contributed by atoms with E-state index in [0.717, 1.165) is 5.56 Å². The van der Waals surface area contributed by atoms with Gasteiger partial charge >= 0.3 is 0 Å². The molecule has 4 aromatic rings. The topological polar surface area (TPSA) is 108 Å². The molecule has 0 bridgehead atoms. The van der Waals surface area contributed by atoms with Crippen molar-refractivity contribution in [2.75, 3.05) is 11.9 Å². The van der Waals surface area contributed by atoms with Gasteiger partial charge in [0.05, 0.1) is 17.0 Å². The van der Waals surface area contributed by atoms with Crippen LogP contribution in [-0.2, 0) is 16.4 Å². The molecule has 0 unspecified atom stereocenters. The van der Waals surface area contributed by atoms with Crippen molar-refractivity contribution in [3.8, 4) is 0 Å². The Morgan fingerprint density at radius 2 is 1.52 bits per heavy atom. The molecule has 0 fully saturated rings. The number of aliphatic hydroxyl groups excluding tert-OH is 1. The monoisotopic (exact) mass is 563 g/mol. The number of carbonyl (C=O) groups is 1. The summed E-state index contributed by atoms with van der Waals surface area (Å²) < 4.78 is 42.3. The van der Waals surface area contributed by atoms with Crippen LogP contribution in [-0.4, -0.2) is 43.7 Å². The first-order valence-corrected chi connectivity index (χ1v) is 14.5. The van der Waals surface area contributed by atoms with E-state index >= 15 is 0 Å². The number of halogens is 1. The highest BCUT2D eigenvalue weighted by molar-refractivity contribution is 7.89. The number of hydrogen-bond acceptors (Lipinski definition) is 5. The molecule has 0 aliphatic rings. The highest BCUT2D eigenvalue weighted by Crippen LogP contribution is 2.29. The summed E-state index contributed by atoms with van der Waals surface area (Å²) in [6.45, 7) is 5.43. The van der Waals surface area contributed by atoms with Crippen molar-refractivity contribution in [1.29, 1.82) is 0 Å². The van der Waals surface area contributed by atoms with Crippen molar-refractivity contribution in [1.82, 2.24) is 10.0 Å². The van der Waals surface area contributed by atoms with Gasteiger partial charge in [-0.25, -0.2) is 17.5 Å². The maximum absolute atomic E-state index is 13.3. The van der Waals surface area contributed by atoms with Gasteiger partial charge in [0.15, 0.2) is 0 Å². The molecule has 0 aliphatic heterocycles. The lowest BCUT2D eigenvalue weighted by molar-refractivity contribution is 0.0851. The number of fused-ring (bicyclic) bond motifs is 1. The molecule has 210 valence electrons. The van der Waals surface area contributed by atoms with Crippen molar-refractivity contribution < 1.29 is 22.7 Å². The van der Waals surface area contributed by atoms with E-state index in [0.29, 0.717) is 22.9 Å². The number of sulfonamides is 1. The minimum atomic E-state index is -3.78. The third-order valence-corrected chi connectivity index (χ3v) is 8.12. The zero-order chi connectivity index (χ0) is 28.9. The van der Waals surface area contributed by atoms with Crippen LogP contribution in [0.3, 0.4) is 0 Å². The molecule has 9 heteroatoms. The van der Waals surface area contributed by atoms with E-state index in [1.807, 2.05) is 42.5 Å². The Bertz CT molecular complexity index is 1570. The molecule has 2 atom stereocenters. The summed E-state index contributed by atoms with van der Waals surface area (Å²) >= 11 is 0. The fraction of sp³-hybridized carbons (Fsp3) is 0.258. The molecule has 0 radical (unpaired) electrons.